The number of alkyl halides is 4. The molecule has 1 fully saturated rings. The molecule has 0 saturated carbocycles. The van der Waals surface area contributed by atoms with Gasteiger partial charge in [-0.3, -0.25) is 4.79 Å². The highest BCUT2D eigenvalue weighted by Crippen LogP contribution is 2.39. The second-order valence-corrected chi connectivity index (χ2v) is 7.78. The van der Waals surface area contributed by atoms with Crippen LogP contribution >= 0.6 is 0 Å². The van der Waals surface area contributed by atoms with Gasteiger partial charge >= 0.3 is 12.3 Å². The summed E-state index contributed by atoms with van der Waals surface area (Å²) in [6.07, 6.45) is -6.95. The van der Waals surface area contributed by atoms with E-state index in [0.29, 0.717) is 6.07 Å². The average Bonchev–Trinajstić information content (AvgIpc) is 3.30. The normalized spacial score (nSPS) is 18.5. The van der Waals surface area contributed by atoms with E-state index in [9.17, 15) is 31.5 Å². The van der Waals surface area contributed by atoms with Crippen LogP contribution in [0.5, 0.6) is 0 Å². The van der Waals surface area contributed by atoms with Gasteiger partial charge in [0.1, 0.15) is 23.8 Å². The third kappa shape index (κ3) is 3.95. The van der Waals surface area contributed by atoms with E-state index in [-0.39, 0.29) is 28.9 Å². The zero-order valence-electron chi connectivity index (χ0n) is 17.4. The van der Waals surface area contributed by atoms with E-state index in [0.717, 1.165) is 27.9 Å². The average molecular weight is 484 g/mol. The number of likely N-dealkylation sites (tertiary alicyclic amines) is 1. The number of nitrogen functional groups attached to an aromatic ring is 1. The molecular weight excluding hydrogens is 467 g/mol. The number of fused-ring (bicyclic) bond motifs is 1. The minimum absolute atomic E-state index is 0.133. The highest BCUT2D eigenvalue weighted by molar-refractivity contribution is 5.97. The third-order valence-electron chi connectivity index (χ3n) is 5.56. The van der Waals surface area contributed by atoms with Crippen LogP contribution in [0.25, 0.3) is 16.8 Å². The molecule has 0 unspecified atom stereocenters. The Balaban J connectivity index is 1.76. The monoisotopic (exact) mass is 484 g/mol. The van der Waals surface area contributed by atoms with Crippen molar-refractivity contribution in [1.82, 2.24) is 24.8 Å². The molecule has 2 aromatic heterocycles. The highest BCUT2D eigenvalue weighted by atomic mass is 19.4. The number of carboxylic acid groups (broad SMARTS) is 1. The van der Waals surface area contributed by atoms with E-state index in [4.69, 9.17) is 10.8 Å². The van der Waals surface area contributed by atoms with Crippen molar-refractivity contribution in [2.24, 2.45) is 0 Å². The fourth-order valence-electron chi connectivity index (χ4n) is 3.89. The van der Waals surface area contributed by atoms with Gasteiger partial charge in [0.2, 0.25) is 0 Å². The number of anilines is 1. The van der Waals surface area contributed by atoms with Crippen molar-refractivity contribution < 1.29 is 36.6 Å². The van der Waals surface area contributed by atoms with E-state index in [1.165, 1.54) is 6.92 Å². The summed E-state index contributed by atoms with van der Waals surface area (Å²) in [6.45, 7) is 0.680. The number of nitrogens with zero attached hydrogens (tertiary/aromatic N) is 4. The number of carbonyl (C=O) groups excluding carboxylic acids is 1. The van der Waals surface area contributed by atoms with E-state index >= 15 is 0 Å². The van der Waals surface area contributed by atoms with Crippen molar-refractivity contribution in [3.05, 3.63) is 47.0 Å². The first-order valence-corrected chi connectivity index (χ1v) is 9.81. The van der Waals surface area contributed by atoms with Crippen LogP contribution in [0, 0.1) is 12.7 Å². The SMILES string of the molecule is Cc1cc(F)c(-c2cc(C(F)(F)F)c3c(N)ncnn23)cc1C(=O)N[C@@H]1CN(C(=O)O)C[C@@H]1F. The molecule has 1 aliphatic heterocycles. The molecule has 34 heavy (non-hydrogen) atoms. The van der Waals surface area contributed by atoms with Crippen molar-refractivity contribution in [2.45, 2.75) is 25.3 Å². The zero-order valence-corrected chi connectivity index (χ0v) is 17.4. The minimum atomic E-state index is -4.85. The Hall–Kier alpha value is -3.97. The smallest absolute Gasteiger partial charge is 0.418 e. The van der Waals surface area contributed by atoms with Gasteiger partial charge in [-0.05, 0) is 30.7 Å². The Morgan fingerprint density at radius 1 is 1.24 bits per heavy atom. The maximum atomic E-state index is 14.9. The van der Waals surface area contributed by atoms with Gasteiger partial charge < -0.3 is 21.1 Å². The minimum Gasteiger partial charge on any atom is -0.465 e. The molecule has 1 aromatic carbocycles. The van der Waals surface area contributed by atoms with Crippen LogP contribution in [0.4, 0.5) is 32.6 Å². The molecule has 0 bridgehead atoms. The Morgan fingerprint density at radius 2 is 1.94 bits per heavy atom. The molecule has 2 atom stereocenters. The molecule has 4 N–H and O–H groups in total. The van der Waals surface area contributed by atoms with Gasteiger partial charge in [-0.15, -0.1) is 0 Å². The first kappa shape index (κ1) is 23.2. The molecule has 3 aromatic rings. The summed E-state index contributed by atoms with van der Waals surface area (Å²) in [5, 5.41) is 15.1. The number of rotatable bonds is 3. The van der Waals surface area contributed by atoms with Gasteiger partial charge in [0.15, 0.2) is 5.82 Å². The van der Waals surface area contributed by atoms with Gasteiger partial charge in [0.05, 0.1) is 23.8 Å². The molecule has 1 saturated heterocycles. The Morgan fingerprint density at radius 3 is 2.56 bits per heavy atom. The molecule has 14 heteroatoms. The summed E-state index contributed by atoms with van der Waals surface area (Å²) in [7, 11) is 0. The summed E-state index contributed by atoms with van der Waals surface area (Å²) in [5.74, 6) is -2.25. The predicted octanol–water partition coefficient (Wildman–Crippen LogP) is 2.87. The summed E-state index contributed by atoms with van der Waals surface area (Å²) >= 11 is 0. The second kappa shape index (κ2) is 8.11. The molecule has 0 spiro atoms. The van der Waals surface area contributed by atoms with Crippen LogP contribution in [0.2, 0.25) is 0 Å². The molecule has 180 valence electrons. The number of nitrogens with one attached hydrogen (secondary N) is 1. The van der Waals surface area contributed by atoms with Crippen LogP contribution < -0.4 is 11.1 Å². The number of nitrogens with two attached hydrogens (primary N) is 1. The summed E-state index contributed by atoms with van der Waals surface area (Å²) in [4.78, 5) is 28.2. The molecule has 0 radical (unpaired) electrons. The molecular formula is C20H17F5N6O3. The second-order valence-electron chi connectivity index (χ2n) is 7.78. The lowest BCUT2D eigenvalue weighted by Gasteiger charge is -2.16. The maximum Gasteiger partial charge on any atom is 0.418 e. The van der Waals surface area contributed by atoms with Crippen molar-refractivity contribution in [3.63, 3.8) is 0 Å². The number of amides is 2. The molecule has 2 amide bonds. The lowest BCUT2D eigenvalue weighted by atomic mass is 10.0. The topological polar surface area (TPSA) is 126 Å². The fraction of sp³-hybridized carbons (Fsp3) is 0.300. The number of hydrogen-bond acceptors (Lipinski definition) is 5. The van der Waals surface area contributed by atoms with Crippen molar-refractivity contribution in [3.8, 4) is 11.3 Å². The van der Waals surface area contributed by atoms with Gasteiger partial charge in [-0.25, -0.2) is 23.1 Å². The molecule has 3 heterocycles. The molecule has 4 rings (SSSR count). The van der Waals surface area contributed by atoms with E-state index in [2.05, 4.69) is 15.4 Å². The quantitative estimate of drug-likeness (QED) is 0.491. The number of halogens is 5. The van der Waals surface area contributed by atoms with Gasteiger partial charge in [0.25, 0.3) is 5.91 Å². The van der Waals surface area contributed by atoms with Crippen molar-refractivity contribution >= 4 is 23.3 Å². The van der Waals surface area contributed by atoms with Crippen LogP contribution in [0.1, 0.15) is 21.5 Å². The first-order valence-electron chi connectivity index (χ1n) is 9.81. The van der Waals surface area contributed by atoms with Gasteiger partial charge in [-0.1, -0.05) is 0 Å². The Bertz CT molecular complexity index is 1310. The van der Waals surface area contributed by atoms with Crippen molar-refractivity contribution in [1.29, 1.82) is 0 Å². The number of hydrogen-bond donors (Lipinski definition) is 3. The van der Waals surface area contributed by atoms with E-state index in [1.54, 1.807) is 0 Å². The number of carbonyl (C=O) groups is 2. The van der Waals surface area contributed by atoms with Crippen LogP contribution in [-0.4, -0.2) is 61.9 Å². The molecule has 0 aliphatic carbocycles. The maximum absolute atomic E-state index is 14.9. The van der Waals surface area contributed by atoms with E-state index in [1.807, 2.05) is 0 Å². The first-order chi connectivity index (χ1) is 15.9. The summed E-state index contributed by atoms with van der Waals surface area (Å²) in [5.41, 5.74) is 3.14. The van der Waals surface area contributed by atoms with E-state index < -0.39 is 59.7 Å². The lowest BCUT2D eigenvalue weighted by molar-refractivity contribution is -0.136. The number of aromatic nitrogens is 3. The summed E-state index contributed by atoms with van der Waals surface area (Å²) < 4.78 is 70.6. The molecule has 1 aliphatic rings. The number of benzene rings is 1. The Labute approximate surface area is 188 Å². The molecule has 9 nitrogen and oxygen atoms in total. The van der Waals surface area contributed by atoms with Crippen LogP contribution in [-0.2, 0) is 6.18 Å². The van der Waals surface area contributed by atoms with Crippen LogP contribution in [0.15, 0.2) is 24.5 Å². The fourth-order valence-corrected chi connectivity index (χ4v) is 3.89. The largest absolute Gasteiger partial charge is 0.465 e. The van der Waals surface area contributed by atoms with Gasteiger partial charge in [0, 0.05) is 17.7 Å². The summed E-state index contributed by atoms with van der Waals surface area (Å²) in [6, 6.07) is 1.48. The standard InChI is InChI=1S/C20H17F5N6O3/c1-8-2-12(21)10(3-9(8)18(32)29-14-6-30(19(33)34)5-13(14)22)15-4-11(20(23,24)25)16-17(26)27-7-28-31(15)16/h2-4,7,13-14H,5-6H2,1H3,(H,29,32)(H,33,34)(H2,26,27,28)/t13-,14+/m0/s1. The number of aryl methyl sites for hydroxylation is 1. The predicted molar refractivity (Wildman–Crippen MR) is 108 cm³/mol. The highest BCUT2D eigenvalue weighted by Gasteiger charge is 2.38. The Kier molecular flexibility index (Phi) is 5.53. The van der Waals surface area contributed by atoms with Crippen LogP contribution in [0.3, 0.4) is 0 Å². The van der Waals surface area contributed by atoms with Gasteiger partial charge in [-0.2, -0.15) is 18.3 Å². The van der Waals surface area contributed by atoms with Crippen molar-refractivity contribution in [2.75, 3.05) is 18.8 Å². The third-order valence-corrected chi connectivity index (χ3v) is 5.56. The lowest BCUT2D eigenvalue weighted by Crippen LogP contribution is -2.42. The zero-order chi connectivity index (χ0) is 24.9.